The first-order chi connectivity index (χ1) is 12.4. The average Bonchev–Trinajstić information content (AvgIpc) is 2.66. The smallest absolute Gasteiger partial charge is 0.183 e. The maximum Gasteiger partial charge on any atom is 0.183 e. The zero-order chi connectivity index (χ0) is 19.5. The van der Waals surface area contributed by atoms with E-state index < -0.39 is 0 Å². The van der Waals surface area contributed by atoms with Crippen molar-refractivity contribution in [2.45, 2.75) is 19.8 Å². The molecule has 0 aliphatic heterocycles. The predicted molar refractivity (Wildman–Crippen MR) is 103 cm³/mol. The van der Waals surface area contributed by atoms with Gasteiger partial charge < -0.3 is 15.2 Å². The topological polar surface area (TPSA) is 121 Å². The monoisotopic (exact) mass is 357 g/mol. The maximum absolute atomic E-state index is 8.92. The van der Waals surface area contributed by atoms with Gasteiger partial charge in [-0.2, -0.15) is 5.26 Å². The van der Waals surface area contributed by atoms with Crippen molar-refractivity contribution in [1.82, 2.24) is 5.01 Å². The van der Waals surface area contributed by atoms with Crippen LogP contribution >= 0.6 is 0 Å². The van der Waals surface area contributed by atoms with Crippen LogP contribution in [0.15, 0.2) is 42.6 Å². The summed E-state index contributed by atoms with van der Waals surface area (Å²) in [6.07, 6.45) is 2.42. The zero-order valence-corrected chi connectivity index (χ0v) is 15.4. The fraction of sp³-hybridized carbons (Fsp3) is 0.368. The van der Waals surface area contributed by atoms with Crippen LogP contribution in [0.1, 0.15) is 25.3 Å². The van der Waals surface area contributed by atoms with Crippen LogP contribution < -0.4 is 16.3 Å². The summed E-state index contributed by atoms with van der Waals surface area (Å²) in [6.45, 7) is 6.77. The van der Waals surface area contributed by atoms with Crippen LogP contribution in [0, 0.1) is 22.7 Å². The lowest BCUT2D eigenvalue weighted by atomic mass is 10.0. The van der Waals surface area contributed by atoms with Gasteiger partial charge in [0.25, 0.3) is 0 Å². The summed E-state index contributed by atoms with van der Waals surface area (Å²) in [5, 5.41) is 18.1. The number of rotatable bonds is 10. The molecule has 0 amide bonds. The zero-order valence-electron chi connectivity index (χ0n) is 15.4. The molecule has 1 atom stereocenters. The number of nitrogens with one attached hydrogen (secondary N) is 1. The van der Waals surface area contributed by atoms with Crippen molar-refractivity contribution in [2.24, 2.45) is 17.5 Å². The van der Waals surface area contributed by atoms with E-state index in [-0.39, 0.29) is 18.2 Å². The SMILES string of the molecule is C=C(CC(C)C(=N)OC)N(N)/C(=C\CC#N)c1ccc(OCCN)cc1. The summed E-state index contributed by atoms with van der Waals surface area (Å²) in [5.41, 5.74) is 7.55. The van der Waals surface area contributed by atoms with Crippen molar-refractivity contribution in [3.05, 3.63) is 48.2 Å². The highest BCUT2D eigenvalue weighted by Crippen LogP contribution is 2.25. The minimum absolute atomic E-state index is 0.150. The number of hydrazine groups is 1. The molecule has 1 aromatic rings. The summed E-state index contributed by atoms with van der Waals surface area (Å²) in [4.78, 5) is 0. The number of hydrogen-bond acceptors (Lipinski definition) is 7. The van der Waals surface area contributed by atoms with Crippen molar-refractivity contribution in [3.8, 4) is 11.8 Å². The van der Waals surface area contributed by atoms with E-state index in [1.54, 1.807) is 6.08 Å². The summed E-state index contributed by atoms with van der Waals surface area (Å²) in [6, 6.07) is 9.46. The third-order valence-electron chi connectivity index (χ3n) is 3.73. The second kappa shape index (κ2) is 10.9. The van der Waals surface area contributed by atoms with Gasteiger partial charge in [-0.15, -0.1) is 0 Å². The first kappa shape index (κ1) is 21.2. The van der Waals surface area contributed by atoms with E-state index in [0.29, 0.717) is 36.7 Å². The molecule has 7 nitrogen and oxygen atoms in total. The number of methoxy groups -OCH3 is 1. The third-order valence-corrected chi connectivity index (χ3v) is 3.73. The molecular formula is C19H27N5O2. The van der Waals surface area contributed by atoms with Gasteiger partial charge in [0.1, 0.15) is 12.4 Å². The number of hydrogen-bond donors (Lipinski definition) is 3. The molecule has 0 aliphatic rings. The second-order valence-corrected chi connectivity index (χ2v) is 5.72. The highest BCUT2D eigenvalue weighted by molar-refractivity contribution is 5.75. The lowest BCUT2D eigenvalue weighted by Gasteiger charge is -2.26. The first-order valence-electron chi connectivity index (χ1n) is 8.30. The van der Waals surface area contributed by atoms with Crippen molar-refractivity contribution < 1.29 is 9.47 Å². The van der Waals surface area contributed by atoms with Gasteiger partial charge in [0.2, 0.25) is 0 Å². The van der Waals surface area contributed by atoms with Crippen molar-refractivity contribution in [1.29, 1.82) is 10.7 Å². The molecule has 0 bridgehead atoms. The molecule has 1 rings (SSSR count). The molecule has 0 radical (unpaired) electrons. The number of nitrogens with two attached hydrogens (primary N) is 2. The van der Waals surface area contributed by atoms with E-state index in [1.807, 2.05) is 31.2 Å². The lowest BCUT2D eigenvalue weighted by molar-refractivity contribution is 0.328. The number of nitrogens with zero attached hydrogens (tertiary/aromatic N) is 2. The number of benzene rings is 1. The van der Waals surface area contributed by atoms with Crippen LogP contribution in [0.5, 0.6) is 5.75 Å². The van der Waals surface area contributed by atoms with Crippen molar-refractivity contribution >= 4 is 11.6 Å². The van der Waals surface area contributed by atoms with Crippen LogP contribution in [0.2, 0.25) is 0 Å². The normalized spacial score (nSPS) is 12.0. The standard InChI is InChI=1S/C19H27N5O2/c1-14(19(22)25-3)13-15(2)24(23)18(5-4-10-20)16-6-8-17(9-7-16)26-12-11-21/h5-9,14,22H,2,4,11-13,21,23H2,1,3H3/b18-5-,22-19?. The highest BCUT2D eigenvalue weighted by Gasteiger charge is 2.17. The van der Waals surface area contributed by atoms with Crippen LogP contribution in [-0.4, -0.2) is 31.2 Å². The Kier molecular flexibility index (Phi) is 8.92. The molecular weight excluding hydrogens is 330 g/mol. The molecule has 0 aliphatic carbocycles. The summed E-state index contributed by atoms with van der Waals surface area (Å²) in [5.74, 6) is 6.97. The Balaban J connectivity index is 2.97. The molecule has 26 heavy (non-hydrogen) atoms. The summed E-state index contributed by atoms with van der Waals surface area (Å²) in [7, 11) is 1.47. The van der Waals surface area contributed by atoms with E-state index in [9.17, 15) is 0 Å². The molecule has 140 valence electrons. The second-order valence-electron chi connectivity index (χ2n) is 5.72. The highest BCUT2D eigenvalue weighted by atomic mass is 16.5. The molecule has 1 unspecified atom stereocenters. The Bertz CT molecular complexity index is 676. The van der Waals surface area contributed by atoms with Gasteiger partial charge in [0.05, 0.1) is 25.3 Å². The van der Waals surface area contributed by atoms with Gasteiger partial charge in [-0.1, -0.05) is 13.5 Å². The minimum Gasteiger partial charge on any atom is -0.492 e. The molecule has 0 saturated carbocycles. The van der Waals surface area contributed by atoms with Gasteiger partial charge in [0, 0.05) is 18.2 Å². The number of allylic oxidation sites excluding steroid dienone is 2. The predicted octanol–water partition coefficient (Wildman–Crippen LogP) is 2.62. The van der Waals surface area contributed by atoms with Crippen molar-refractivity contribution in [3.63, 3.8) is 0 Å². The third kappa shape index (κ3) is 6.24. The molecule has 0 saturated heterocycles. The number of nitriles is 1. The van der Waals surface area contributed by atoms with Gasteiger partial charge in [-0.05, 0) is 42.3 Å². The van der Waals surface area contributed by atoms with Gasteiger partial charge in [0.15, 0.2) is 5.90 Å². The van der Waals surface area contributed by atoms with Gasteiger partial charge in [-0.25, -0.2) is 5.84 Å². The van der Waals surface area contributed by atoms with Crippen LogP contribution in [0.25, 0.3) is 5.70 Å². The van der Waals surface area contributed by atoms with Crippen LogP contribution in [0.3, 0.4) is 0 Å². The fourth-order valence-electron chi connectivity index (χ4n) is 2.31. The van der Waals surface area contributed by atoms with E-state index in [4.69, 9.17) is 31.7 Å². The van der Waals surface area contributed by atoms with E-state index >= 15 is 0 Å². The molecule has 0 spiro atoms. The Morgan fingerprint density at radius 1 is 1.42 bits per heavy atom. The van der Waals surface area contributed by atoms with E-state index in [0.717, 1.165) is 5.56 Å². The summed E-state index contributed by atoms with van der Waals surface area (Å²) >= 11 is 0. The lowest BCUT2D eigenvalue weighted by Crippen LogP contribution is -2.30. The Hall–Kier alpha value is -2.82. The Labute approximate surface area is 155 Å². The quantitative estimate of drug-likeness (QED) is 0.256. The molecule has 0 fully saturated rings. The van der Waals surface area contributed by atoms with E-state index in [2.05, 4.69) is 12.6 Å². The Morgan fingerprint density at radius 2 is 2.08 bits per heavy atom. The van der Waals surface area contributed by atoms with E-state index in [1.165, 1.54) is 12.1 Å². The molecule has 0 aromatic heterocycles. The first-order valence-corrected chi connectivity index (χ1v) is 8.30. The summed E-state index contributed by atoms with van der Waals surface area (Å²) < 4.78 is 10.4. The fourth-order valence-corrected chi connectivity index (χ4v) is 2.31. The van der Waals surface area contributed by atoms with Crippen molar-refractivity contribution in [2.75, 3.05) is 20.3 Å². The molecule has 7 heteroatoms. The average molecular weight is 357 g/mol. The van der Waals surface area contributed by atoms with Crippen LogP contribution in [0.4, 0.5) is 0 Å². The number of ether oxygens (including phenoxy) is 2. The largest absolute Gasteiger partial charge is 0.492 e. The molecule has 0 heterocycles. The Morgan fingerprint density at radius 3 is 2.62 bits per heavy atom. The van der Waals surface area contributed by atoms with Gasteiger partial charge in [-0.3, -0.25) is 10.4 Å². The molecule has 1 aromatic carbocycles. The maximum atomic E-state index is 8.92. The van der Waals surface area contributed by atoms with Crippen LogP contribution in [-0.2, 0) is 4.74 Å². The van der Waals surface area contributed by atoms with Gasteiger partial charge >= 0.3 is 0 Å². The molecule has 5 N–H and O–H groups in total. The minimum atomic E-state index is -0.150.